The number of benzene rings is 2. The minimum Gasteiger partial charge on any atom is -0.369 e. The van der Waals surface area contributed by atoms with Crippen molar-refractivity contribution >= 4 is 17.5 Å². The molecule has 5 nitrogen and oxygen atoms in total. The Morgan fingerprint density at radius 2 is 1.89 bits per heavy atom. The van der Waals surface area contributed by atoms with Crippen molar-refractivity contribution in [3.05, 3.63) is 65.5 Å². The van der Waals surface area contributed by atoms with Crippen molar-refractivity contribution in [3.63, 3.8) is 0 Å². The van der Waals surface area contributed by atoms with E-state index in [0.717, 1.165) is 11.6 Å². The van der Waals surface area contributed by atoms with Gasteiger partial charge in [-0.05, 0) is 23.8 Å². The lowest BCUT2D eigenvalue weighted by Gasteiger charge is -2.34. The molecule has 1 fully saturated rings. The number of hydrogen-bond donors (Lipinski definition) is 1. The van der Waals surface area contributed by atoms with Crippen molar-refractivity contribution < 1.29 is 31.9 Å². The van der Waals surface area contributed by atoms with Crippen LogP contribution in [0.4, 0.5) is 23.2 Å². The Hall–Kier alpha value is -2.94. The molecule has 0 aromatic heterocycles. The molecule has 1 N–H and O–H groups in total. The Bertz CT molecular complexity index is 871. The summed E-state index contributed by atoms with van der Waals surface area (Å²) in [5, 5.41) is 2.31. The highest BCUT2D eigenvalue weighted by Gasteiger charge is 2.36. The maximum atomic E-state index is 13.4. The molecular weight excluding hydrogens is 380 g/mol. The van der Waals surface area contributed by atoms with Crippen LogP contribution in [0.2, 0.25) is 0 Å². The third-order valence-corrected chi connectivity index (χ3v) is 4.24. The van der Waals surface area contributed by atoms with Gasteiger partial charge in [-0.25, -0.2) is 4.39 Å². The van der Waals surface area contributed by atoms with E-state index in [1.165, 1.54) is 4.90 Å². The number of nitrogens with one attached hydrogen (secondary N) is 1. The molecule has 9 heteroatoms. The van der Waals surface area contributed by atoms with Gasteiger partial charge in [-0.15, -0.1) is 0 Å². The van der Waals surface area contributed by atoms with Crippen LogP contribution < -0.4 is 5.32 Å². The fourth-order valence-electron chi connectivity index (χ4n) is 2.85. The van der Waals surface area contributed by atoms with E-state index < -0.39 is 35.4 Å². The van der Waals surface area contributed by atoms with Crippen molar-refractivity contribution in [1.82, 2.24) is 4.90 Å². The van der Waals surface area contributed by atoms with Crippen LogP contribution in [0.25, 0.3) is 0 Å². The van der Waals surface area contributed by atoms with E-state index >= 15 is 0 Å². The zero-order chi connectivity index (χ0) is 20.3. The van der Waals surface area contributed by atoms with Crippen LogP contribution in [0.5, 0.6) is 0 Å². The number of amides is 2. The lowest BCUT2D eigenvalue weighted by molar-refractivity contribution is -0.154. The number of carbonyl (C=O) groups is 2. The summed E-state index contributed by atoms with van der Waals surface area (Å²) in [5.74, 6) is -2.57. The number of ether oxygens (including phenoxy) is 1. The van der Waals surface area contributed by atoms with Crippen molar-refractivity contribution in [1.29, 1.82) is 0 Å². The van der Waals surface area contributed by atoms with E-state index in [1.54, 1.807) is 24.3 Å². The van der Waals surface area contributed by atoms with Crippen LogP contribution in [-0.2, 0) is 27.0 Å². The molecule has 1 atom stereocenters. The molecule has 0 unspecified atom stereocenters. The van der Waals surface area contributed by atoms with Crippen molar-refractivity contribution in [2.24, 2.45) is 0 Å². The standard InChI is InChI=1S/C19H16F4N2O3/c20-15-7-6-13(8-14(15)19(21,22)23)24-18(27)16-10-28-11-17(26)25(16)9-12-4-2-1-3-5-12/h1-8,16H,9-11H2,(H,24,27)/t16-/m1/s1. The minimum absolute atomic E-state index is 0.0995. The largest absolute Gasteiger partial charge is 0.419 e. The summed E-state index contributed by atoms with van der Waals surface area (Å²) >= 11 is 0. The summed E-state index contributed by atoms with van der Waals surface area (Å²) in [7, 11) is 0. The Kier molecular flexibility index (Phi) is 5.64. The Morgan fingerprint density at radius 3 is 2.57 bits per heavy atom. The summed E-state index contributed by atoms with van der Waals surface area (Å²) < 4.78 is 57.1. The lowest BCUT2D eigenvalue weighted by Crippen LogP contribution is -2.54. The topological polar surface area (TPSA) is 58.6 Å². The first-order chi connectivity index (χ1) is 13.3. The predicted octanol–water partition coefficient (Wildman–Crippen LogP) is 3.21. The SMILES string of the molecule is O=C(Nc1ccc(F)c(C(F)(F)F)c1)[C@H]1COCC(=O)N1Cc1ccccc1. The maximum Gasteiger partial charge on any atom is 0.419 e. The molecule has 0 radical (unpaired) electrons. The monoisotopic (exact) mass is 396 g/mol. The van der Waals surface area contributed by atoms with Gasteiger partial charge in [0.1, 0.15) is 18.5 Å². The van der Waals surface area contributed by atoms with Gasteiger partial charge in [0.15, 0.2) is 0 Å². The summed E-state index contributed by atoms with van der Waals surface area (Å²) in [5.41, 5.74) is -0.921. The molecule has 0 bridgehead atoms. The van der Waals surface area contributed by atoms with Crippen molar-refractivity contribution in [3.8, 4) is 0 Å². The number of alkyl halides is 3. The van der Waals surface area contributed by atoms with E-state index in [2.05, 4.69) is 5.32 Å². The second-order valence-electron chi connectivity index (χ2n) is 6.22. The number of hydrogen-bond acceptors (Lipinski definition) is 3. The Balaban J connectivity index is 1.79. The minimum atomic E-state index is -4.89. The molecule has 2 aromatic rings. The third kappa shape index (κ3) is 4.48. The Labute approximate surface area is 157 Å². The first kappa shape index (κ1) is 19.8. The number of carbonyl (C=O) groups excluding carboxylic acids is 2. The van der Waals surface area contributed by atoms with E-state index in [1.807, 2.05) is 6.07 Å². The molecule has 0 aliphatic carbocycles. The van der Waals surface area contributed by atoms with E-state index in [9.17, 15) is 27.2 Å². The van der Waals surface area contributed by atoms with Crippen LogP contribution in [0.15, 0.2) is 48.5 Å². The van der Waals surface area contributed by atoms with Crippen molar-refractivity contribution in [2.45, 2.75) is 18.8 Å². The molecule has 2 amide bonds. The molecule has 3 rings (SSSR count). The molecule has 28 heavy (non-hydrogen) atoms. The first-order valence-corrected chi connectivity index (χ1v) is 8.34. The molecule has 2 aromatic carbocycles. The number of nitrogens with zero attached hydrogens (tertiary/aromatic N) is 1. The van der Waals surface area contributed by atoms with E-state index in [-0.39, 0.29) is 25.4 Å². The molecule has 1 saturated heterocycles. The highest BCUT2D eigenvalue weighted by Crippen LogP contribution is 2.33. The number of morpholine rings is 1. The molecule has 148 valence electrons. The lowest BCUT2D eigenvalue weighted by atomic mass is 10.1. The van der Waals surface area contributed by atoms with Crippen LogP contribution in [-0.4, -0.2) is 36.0 Å². The fraction of sp³-hybridized carbons (Fsp3) is 0.263. The fourth-order valence-corrected chi connectivity index (χ4v) is 2.85. The first-order valence-electron chi connectivity index (χ1n) is 8.34. The van der Waals surface area contributed by atoms with Gasteiger partial charge in [0.2, 0.25) is 11.8 Å². The van der Waals surface area contributed by atoms with Gasteiger partial charge in [0, 0.05) is 12.2 Å². The Morgan fingerprint density at radius 1 is 1.18 bits per heavy atom. The summed E-state index contributed by atoms with van der Waals surface area (Å²) in [6.45, 7) is -0.137. The van der Waals surface area contributed by atoms with Crippen LogP contribution in [0.3, 0.4) is 0 Å². The molecular formula is C19H16F4N2O3. The highest BCUT2D eigenvalue weighted by molar-refractivity contribution is 5.98. The van der Waals surface area contributed by atoms with Gasteiger partial charge in [0.05, 0.1) is 12.2 Å². The van der Waals surface area contributed by atoms with Gasteiger partial charge in [-0.1, -0.05) is 30.3 Å². The van der Waals surface area contributed by atoms with E-state index in [4.69, 9.17) is 4.74 Å². The molecule has 0 saturated carbocycles. The number of rotatable bonds is 4. The average Bonchev–Trinajstić information content (AvgIpc) is 2.65. The highest BCUT2D eigenvalue weighted by atomic mass is 19.4. The van der Waals surface area contributed by atoms with Crippen molar-refractivity contribution in [2.75, 3.05) is 18.5 Å². The number of halogens is 4. The average molecular weight is 396 g/mol. The second-order valence-corrected chi connectivity index (χ2v) is 6.22. The van der Waals surface area contributed by atoms with E-state index in [0.29, 0.717) is 12.1 Å². The summed E-state index contributed by atoms with van der Waals surface area (Å²) in [6, 6.07) is 10.1. The zero-order valence-electron chi connectivity index (χ0n) is 14.5. The van der Waals surface area contributed by atoms with Crippen LogP contribution >= 0.6 is 0 Å². The molecule has 1 aliphatic rings. The molecule has 0 spiro atoms. The van der Waals surface area contributed by atoms with Gasteiger partial charge in [-0.3, -0.25) is 9.59 Å². The normalized spacial score (nSPS) is 17.5. The zero-order valence-corrected chi connectivity index (χ0v) is 14.5. The van der Waals surface area contributed by atoms with Crippen LogP contribution in [0, 0.1) is 5.82 Å². The maximum absolute atomic E-state index is 13.4. The third-order valence-electron chi connectivity index (χ3n) is 4.24. The smallest absolute Gasteiger partial charge is 0.369 e. The van der Waals surface area contributed by atoms with Gasteiger partial charge < -0.3 is 15.0 Å². The molecule has 1 aliphatic heterocycles. The number of anilines is 1. The van der Waals surface area contributed by atoms with Gasteiger partial charge in [0.25, 0.3) is 0 Å². The quantitative estimate of drug-likeness (QED) is 0.808. The summed E-state index contributed by atoms with van der Waals surface area (Å²) in [6.07, 6.45) is -4.89. The second kappa shape index (κ2) is 7.97. The van der Waals surface area contributed by atoms with Gasteiger partial charge >= 0.3 is 6.18 Å². The molecule has 1 heterocycles. The predicted molar refractivity (Wildman–Crippen MR) is 91.6 cm³/mol. The van der Waals surface area contributed by atoms with Crippen LogP contribution in [0.1, 0.15) is 11.1 Å². The van der Waals surface area contributed by atoms with Gasteiger partial charge in [-0.2, -0.15) is 13.2 Å². The summed E-state index contributed by atoms with van der Waals surface area (Å²) in [4.78, 5) is 26.1.